The fraction of sp³-hybridized carbons (Fsp3) is 0.806. The Morgan fingerprint density at radius 3 is 0.930 bits per heavy atom. The summed E-state index contributed by atoms with van der Waals surface area (Å²) in [6.07, 6.45) is 89.2. The quantitative estimate of drug-likeness (QED) is 0.0420. The minimum Gasteiger partial charge on any atom is -0.394 e. The van der Waals surface area contributed by atoms with Gasteiger partial charge in [0.05, 0.1) is 18.8 Å². The molecule has 0 aromatic heterocycles. The van der Waals surface area contributed by atoms with Gasteiger partial charge in [0.25, 0.3) is 0 Å². The molecule has 3 N–H and O–H groups in total. The number of amides is 1. The molecule has 0 fully saturated rings. The maximum Gasteiger partial charge on any atom is 0.220 e. The summed E-state index contributed by atoms with van der Waals surface area (Å²) >= 11 is 0. The van der Waals surface area contributed by atoms with E-state index in [0.717, 1.165) is 64.2 Å². The van der Waals surface area contributed by atoms with E-state index < -0.39 is 12.1 Å². The van der Waals surface area contributed by atoms with Crippen molar-refractivity contribution in [1.29, 1.82) is 0 Å². The van der Waals surface area contributed by atoms with Gasteiger partial charge in [-0.2, -0.15) is 0 Å². The SMILES string of the molecule is CC/C=C\C/C=C\C/C=C\C/C=C\C/C=C\C/C=C\CCCCCCCCCCCCCCCCCCC(=O)NC(CO)C(O)CCCCCCCCCCCCCCCCCCCCCCCCCC. The number of rotatable bonds is 58. The molecule has 414 valence electrons. The molecule has 1 amide bonds. The van der Waals surface area contributed by atoms with Crippen LogP contribution in [-0.2, 0) is 4.79 Å². The highest BCUT2D eigenvalue weighted by Crippen LogP contribution is 2.18. The Hall–Kier alpha value is -2.17. The zero-order valence-corrected chi connectivity index (χ0v) is 47.7. The summed E-state index contributed by atoms with van der Waals surface area (Å²) in [5, 5.41) is 23.4. The molecule has 0 aliphatic carbocycles. The van der Waals surface area contributed by atoms with E-state index in [9.17, 15) is 15.0 Å². The number of nitrogens with one attached hydrogen (secondary N) is 1. The predicted molar refractivity (Wildman–Crippen MR) is 317 cm³/mol. The minimum absolute atomic E-state index is 0.0282. The number of carbonyl (C=O) groups is 1. The normalized spacial score (nSPS) is 13.2. The lowest BCUT2D eigenvalue weighted by Gasteiger charge is -2.22. The zero-order chi connectivity index (χ0) is 51.3. The van der Waals surface area contributed by atoms with Crippen LogP contribution in [0.4, 0.5) is 0 Å². The summed E-state index contributed by atoms with van der Waals surface area (Å²) in [6, 6.07) is -0.540. The largest absolute Gasteiger partial charge is 0.394 e. The van der Waals surface area contributed by atoms with E-state index in [-0.39, 0.29) is 12.5 Å². The zero-order valence-electron chi connectivity index (χ0n) is 47.7. The molecular formula is C67H123NO3. The number of aliphatic hydroxyl groups is 2. The van der Waals surface area contributed by atoms with Gasteiger partial charge >= 0.3 is 0 Å². The van der Waals surface area contributed by atoms with Gasteiger partial charge in [0.15, 0.2) is 0 Å². The number of allylic oxidation sites excluding steroid dienone is 12. The number of carbonyl (C=O) groups excluding carboxylic acids is 1. The Bertz CT molecular complexity index is 1210. The van der Waals surface area contributed by atoms with Gasteiger partial charge in [0.1, 0.15) is 0 Å². The van der Waals surface area contributed by atoms with Crippen LogP contribution in [0, 0.1) is 0 Å². The average molecular weight is 991 g/mol. The van der Waals surface area contributed by atoms with E-state index in [4.69, 9.17) is 0 Å². The summed E-state index contributed by atoms with van der Waals surface area (Å²) in [5.74, 6) is -0.0282. The topological polar surface area (TPSA) is 69.6 Å². The highest BCUT2D eigenvalue weighted by Gasteiger charge is 2.20. The first-order chi connectivity index (χ1) is 35.2. The molecule has 0 saturated carbocycles. The van der Waals surface area contributed by atoms with Gasteiger partial charge in [-0.3, -0.25) is 4.79 Å². The number of hydrogen-bond donors (Lipinski definition) is 3. The lowest BCUT2D eigenvalue weighted by atomic mass is 10.0. The second-order valence-corrected chi connectivity index (χ2v) is 21.5. The van der Waals surface area contributed by atoms with Gasteiger partial charge in [-0.05, 0) is 64.2 Å². The van der Waals surface area contributed by atoms with Crippen molar-refractivity contribution >= 4 is 5.91 Å². The van der Waals surface area contributed by atoms with E-state index in [1.54, 1.807) is 0 Å². The molecule has 0 aromatic carbocycles. The fourth-order valence-corrected chi connectivity index (χ4v) is 9.72. The number of hydrogen-bond acceptors (Lipinski definition) is 3. The van der Waals surface area contributed by atoms with Crippen molar-refractivity contribution in [3.8, 4) is 0 Å². The molecule has 0 heterocycles. The van der Waals surface area contributed by atoms with Crippen molar-refractivity contribution in [2.75, 3.05) is 6.61 Å². The molecule has 0 radical (unpaired) electrons. The van der Waals surface area contributed by atoms with Crippen LogP contribution < -0.4 is 5.32 Å². The second kappa shape index (κ2) is 62.1. The smallest absolute Gasteiger partial charge is 0.220 e. The Balaban J connectivity index is 3.45. The maximum absolute atomic E-state index is 12.5. The van der Waals surface area contributed by atoms with Crippen LogP contribution in [0.5, 0.6) is 0 Å². The van der Waals surface area contributed by atoms with Crippen LogP contribution in [0.15, 0.2) is 72.9 Å². The Morgan fingerprint density at radius 2 is 0.620 bits per heavy atom. The molecule has 0 aromatic rings. The molecule has 0 aliphatic rings. The molecule has 0 saturated heterocycles. The Kier molecular flexibility index (Phi) is 60.2. The highest BCUT2D eigenvalue weighted by molar-refractivity contribution is 5.76. The molecule has 2 unspecified atom stereocenters. The van der Waals surface area contributed by atoms with E-state index in [2.05, 4.69) is 92.1 Å². The summed E-state index contributed by atoms with van der Waals surface area (Å²) < 4.78 is 0. The van der Waals surface area contributed by atoms with Crippen molar-refractivity contribution in [2.45, 2.75) is 341 Å². The monoisotopic (exact) mass is 990 g/mol. The molecule has 4 nitrogen and oxygen atoms in total. The molecule has 71 heavy (non-hydrogen) atoms. The van der Waals surface area contributed by atoms with E-state index in [1.165, 1.54) is 238 Å². The lowest BCUT2D eigenvalue weighted by Crippen LogP contribution is -2.45. The Labute approximate surface area is 444 Å². The third kappa shape index (κ3) is 58.6. The van der Waals surface area contributed by atoms with Crippen LogP contribution in [-0.4, -0.2) is 34.9 Å². The van der Waals surface area contributed by atoms with Gasteiger partial charge in [0, 0.05) is 6.42 Å². The van der Waals surface area contributed by atoms with Crippen molar-refractivity contribution in [3.05, 3.63) is 72.9 Å². The van der Waals surface area contributed by atoms with Gasteiger partial charge < -0.3 is 15.5 Å². The van der Waals surface area contributed by atoms with Crippen LogP contribution in [0.1, 0.15) is 328 Å². The first kappa shape index (κ1) is 68.8. The summed E-state index contributed by atoms with van der Waals surface area (Å²) in [6.45, 7) is 4.27. The molecule has 2 atom stereocenters. The molecule has 0 rings (SSSR count). The number of aliphatic hydroxyl groups excluding tert-OH is 2. The van der Waals surface area contributed by atoms with Crippen molar-refractivity contribution in [1.82, 2.24) is 5.32 Å². The van der Waals surface area contributed by atoms with Crippen molar-refractivity contribution < 1.29 is 15.0 Å². The van der Waals surface area contributed by atoms with Crippen LogP contribution in [0.25, 0.3) is 0 Å². The molecular weight excluding hydrogens is 867 g/mol. The van der Waals surface area contributed by atoms with Crippen LogP contribution >= 0.6 is 0 Å². The van der Waals surface area contributed by atoms with Crippen LogP contribution in [0.3, 0.4) is 0 Å². The number of unbranched alkanes of at least 4 members (excludes halogenated alkanes) is 39. The van der Waals surface area contributed by atoms with Crippen molar-refractivity contribution in [2.24, 2.45) is 0 Å². The third-order valence-corrected chi connectivity index (χ3v) is 14.5. The second-order valence-electron chi connectivity index (χ2n) is 21.5. The van der Waals surface area contributed by atoms with Crippen molar-refractivity contribution in [3.63, 3.8) is 0 Å². The van der Waals surface area contributed by atoms with E-state index in [1.807, 2.05) is 0 Å². The average Bonchev–Trinajstić information content (AvgIpc) is 3.37. The molecule has 0 aliphatic heterocycles. The predicted octanol–water partition coefficient (Wildman–Crippen LogP) is 21.3. The third-order valence-electron chi connectivity index (χ3n) is 14.5. The highest BCUT2D eigenvalue weighted by atomic mass is 16.3. The van der Waals surface area contributed by atoms with Gasteiger partial charge in [-0.25, -0.2) is 0 Å². The molecule has 4 heteroatoms. The van der Waals surface area contributed by atoms with Gasteiger partial charge in [0.2, 0.25) is 5.91 Å². The van der Waals surface area contributed by atoms with E-state index >= 15 is 0 Å². The molecule has 0 spiro atoms. The van der Waals surface area contributed by atoms with E-state index in [0.29, 0.717) is 12.8 Å². The molecule has 0 bridgehead atoms. The maximum atomic E-state index is 12.5. The summed E-state index contributed by atoms with van der Waals surface area (Å²) in [5.41, 5.74) is 0. The standard InChI is InChI=1S/C67H123NO3/c1-3-5-7-9-11-13-15-17-19-21-23-25-27-29-30-31-32-33-34-35-36-37-38-39-41-43-45-47-49-51-53-55-57-59-61-63-67(71)68-65(64-69)66(70)62-60-58-56-54-52-50-48-46-44-42-40-28-26-24-22-20-18-16-14-12-10-8-6-4-2/h5,7,11,13,17,19,23,25,29-30,32-33,65-66,69-70H,3-4,6,8-10,12,14-16,18,20-22,24,26-28,31,34-64H2,1-2H3,(H,68,71)/b7-5-,13-11-,19-17-,25-23-,30-29-,33-32-. The van der Waals surface area contributed by atoms with Gasteiger partial charge in [-0.15, -0.1) is 0 Å². The summed E-state index contributed by atoms with van der Waals surface area (Å²) in [7, 11) is 0. The minimum atomic E-state index is -0.663. The van der Waals surface area contributed by atoms with Gasteiger partial charge in [-0.1, -0.05) is 331 Å². The first-order valence-corrected chi connectivity index (χ1v) is 31.6. The fourth-order valence-electron chi connectivity index (χ4n) is 9.72. The summed E-state index contributed by atoms with van der Waals surface area (Å²) in [4.78, 5) is 12.5. The van der Waals surface area contributed by atoms with Crippen LogP contribution in [0.2, 0.25) is 0 Å². The lowest BCUT2D eigenvalue weighted by molar-refractivity contribution is -0.123. The Morgan fingerprint density at radius 1 is 0.352 bits per heavy atom. The first-order valence-electron chi connectivity index (χ1n) is 31.6.